The SMILES string of the molecule is O=C(CCc1nc2ccccc2s1)Nc1ccc(C(F)(F)F)cc1. The normalized spacial score (nSPS) is 11.6. The summed E-state index contributed by atoms with van der Waals surface area (Å²) in [5.41, 5.74) is 0.507. The van der Waals surface area contributed by atoms with E-state index < -0.39 is 11.7 Å². The van der Waals surface area contributed by atoms with Gasteiger partial charge in [0.1, 0.15) is 0 Å². The first-order valence-electron chi connectivity index (χ1n) is 7.23. The quantitative estimate of drug-likeness (QED) is 0.728. The van der Waals surface area contributed by atoms with Gasteiger partial charge in [0.2, 0.25) is 5.91 Å². The van der Waals surface area contributed by atoms with Gasteiger partial charge in [0.25, 0.3) is 0 Å². The molecule has 0 unspecified atom stereocenters. The van der Waals surface area contributed by atoms with Gasteiger partial charge in [-0.3, -0.25) is 4.79 Å². The second-order valence-electron chi connectivity index (χ2n) is 5.20. The zero-order valence-corrected chi connectivity index (χ0v) is 13.2. The molecular formula is C17H13F3N2OS. The average molecular weight is 350 g/mol. The molecule has 124 valence electrons. The van der Waals surface area contributed by atoms with Gasteiger partial charge in [-0.2, -0.15) is 13.2 Å². The zero-order chi connectivity index (χ0) is 17.2. The summed E-state index contributed by atoms with van der Waals surface area (Å²) in [5, 5.41) is 3.46. The predicted molar refractivity (Wildman–Crippen MR) is 88.0 cm³/mol. The van der Waals surface area contributed by atoms with Crippen molar-refractivity contribution in [3.8, 4) is 0 Å². The average Bonchev–Trinajstić information content (AvgIpc) is 2.95. The van der Waals surface area contributed by atoms with Crippen molar-refractivity contribution in [2.24, 2.45) is 0 Å². The number of aromatic nitrogens is 1. The van der Waals surface area contributed by atoms with Crippen LogP contribution in [0.3, 0.4) is 0 Å². The van der Waals surface area contributed by atoms with Crippen molar-refractivity contribution in [2.45, 2.75) is 19.0 Å². The van der Waals surface area contributed by atoms with Crippen LogP contribution in [0, 0.1) is 0 Å². The molecule has 0 atom stereocenters. The molecule has 1 aromatic heterocycles. The molecule has 1 heterocycles. The Hall–Kier alpha value is -2.41. The fraction of sp³-hybridized carbons (Fsp3) is 0.176. The fourth-order valence-corrected chi connectivity index (χ4v) is 3.18. The molecule has 0 saturated heterocycles. The number of benzene rings is 2. The third-order valence-corrected chi connectivity index (χ3v) is 4.50. The van der Waals surface area contributed by atoms with Gasteiger partial charge < -0.3 is 5.32 Å². The van der Waals surface area contributed by atoms with Crippen molar-refractivity contribution in [1.29, 1.82) is 0 Å². The summed E-state index contributed by atoms with van der Waals surface area (Å²) in [5.74, 6) is -0.256. The van der Waals surface area contributed by atoms with Gasteiger partial charge in [-0.15, -0.1) is 11.3 Å². The zero-order valence-electron chi connectivity index (χ0n) is 12.4. The second-order valence-corrected chi connectivity index (χ2v) is 6.31. The highest BCUT2D eigenvalue weighted by atomic mass is 32.1. The number of carbonyl (C=O) groups excluding carboxylic acids is 1. The lowest BCUT2D eigenvalue weighted by molar-refractivity contribution is -0.137. The number of aryl methyl sites for hydroxylation is 1. The van der Waals surface area contributed by atoms with E-state index in [0.29, 0.717) is 12.1 Å². The Morgan fingerprint density at radius 1 is 1.08 bits per heavy atom. The molecule has 0 spiro atoms. The summed E-state index contributed by atoms with van der Waals surface area (Å²) >= 11 is 1.53. The van der Waals surface area contributed by atoms with Crippen LogP contribution in [0.1, 0.15) is 17.0 Å². The highest BCUT2D eigenvalue weighted by Gasteiger charge is 2.29. The number of amides is 1. The van der Waals surface area contributed by atoms with Crippen LogP contribution in [0.25, 0.3) is 10.2 Å². The van der Waals surface area contributed by atoms with Crippen LogP contribution in [-0.4, -0.2) is 10.9 Å². The number of hydrogen-bond acceptors (Lipinski definition) is 3. The number of carbonyl (C=O) groups is 1. The summed E-state index contributed by atoms with van der Waals surface area (Å²) in [6.45, 7) is 0. The first-order chi connectivity index (χ1) is 11.4. The van der Waals surface area contributed by atoms with Crippen LogP contribution in [0.4, 0.5) is 18.9 Å². The van der Waals surface area contributed by atoms with Crippen molar-refractivity contribution in [1.82, 2.24) is 4.98 Å². The fourth-order valence-electron chi connectivity index (χ4n) is 2.21. The number of alkyl halides is 3. The van der Waals surface area contributed by atoms with Gasteiger partial charge in [-0.1, -0.05) is 12.1 Å². The summed E-state index contributed by atoms with van der Waals surface area (Å²) in [7, 11) is 0. The Balaban J connectivity index is 1.57. The van der Waals surface area contributed by atoms with E-state index in [-0.39, 0.29) is 12.3 Å². The van der Waals surface area contributed by atoms with Crippen LogP contribution < -0.4 is 5.32 Å². The number of halogens is 3. The molecule has 7 heteroatoms. The van der Waals surface area contributed by atoms with E-state index in [1.165, 1.54) is 23.5 Å². The van der Waals surface area contributed by atoms with E-state index in [1.807, 2.05) is 24.3 Å². The van der Waals surface area contributed by atoms with Crippen LogP contribution in [0.5, 0.6) is 0 Å². The molecule has 3 aromatic rings. The maximum Gasteiger partial charge on any atom is 0.416 e. The van der Waals surface area contributed by atoms with E-state index in [2.05, 4.69) is 10.3 Å². The van der Waals surface area contributed by atoms with Crippen molar-refractivity contribution < 1.29 is 18.0 Å². The number of para-hydroxylation sites is 1. The monoisotopic (exact) mass is 350 g/mol. The molecule has 0 radical (unpaired) electrons. The number of nitrogens with zero attached hydrogens (tertiary/aromatic N) is 1. The van der Waals surface area contributed by atoms with Gasteiger partial charge in [-0.05, 0) is 36.4 Å². The Morgan fingerprint density at radius 2 is 1.79 bits per heavy atom. The van der Waals surface area contributed by atoms with Crippen LogP contribution in [0.15, 0.2) is 48.5 Å². The maximum absolute atomic E-state index is 12.5. The minimum absolute atomic E-state index is 0.223. The molecule has 1 N–H and O–H groups in total. The molecule has 0 fully saturated rings. The third kappa shape index (κ3) is 3.91. The topological polar surface area (TPSA) is 42.0 Å². The maximum atomic E-state index is 12.5. The van der Waals surface area contributed by atoms with E-state index >= 15 is 0 Å². The first kappa shape index (κ1) is 16.4. The van der Waals surface area contributed by atoms with E-state index in [1.54, 1.807) is 0 Å². The third-order valence-electron chi connectivity index (χ3n) is 3.40. The van der Waals surface area contributed by atoms with Crippen LogP contribution in [-0.2, 0) is 17.4 Å². The van der Waals surface area contributed by atoms with Gasteiger partial charge in [0, 0.05) is 18.5 Å². The van der Waals surface area contributed by atoms with Gasteiger partial charge in [-0.25, -0.2) is 4.98 Å². The molecule has 3 nitrogen and oxygen atoms in total. The Bertz CT molecular complexity index is 823. The number of nitrogens with one attached hydrogen (secondary N) is 1. The highest BCUT2D eigenvalue weighted by Crippen LogP contribution is 2.29. The molecule has 1 amide bonds. The summed E-state index contributed by atoms with van der Waals surface area (Å²) in [6, 6.07) is 12.1. The Kier molecular flexibility index (Phi) is 4.53. The highest BCUT2D eigenvalue weighted by molar-refractivity contribution is 7.18. The molecule has 24 heavy (non-hydrogen) atoms. The molecule has 0 saturated carbocycles. The van der Waals surface area contributed by atoms with E-state index in [0.717, 1.165) is 27.4 Å². The molecule has 3 rings (SSSR count). The molecule has 2 aromatic carbocycles. The minimum Gasteiger partial charge on any atom is -0.326 e. The largest absolute Gasteiger partial charge is 0.416 e. The summed E-state index contributed by atoms with van der Waals surface area (Å²) in [4.78, 5) is 16.4. The summed E-state index contributed by atoms with van der Waals surface area (Å²) in [6.07, 6.45) is -3.66. The van der Waals surface area contributed by atoms with Gasteiger partial charge in [0.15, 0.2) is 0 Å². The molecular weight excluding hydrogens is 337 g/mol. The molecule has 0 bridgehead atoms. The Labute approximate surface area is 140 Å². The number of fused-ring (bicyclic) bond motifs is 1. The molecule has 0 aliphatic rings. The predicted octanol–water partition coefficient (Wildman–Crippen LogP) is 4.89. The van der Waals surface area contributed by atoms with Gasteiger partial charge in [0.05, 0.1) is 20.8 Å². The second kappa shape index (κ2) is 6.60. The minimum atomic E-state index is -4.38. The summed E-state index contributed by atoms with van der Waals surface area (Å²) < 4.78 is 38.5. The number of rotatable bonds is 4. The lowest BCUT2D eigenvalue weighted by atomic mass is 10.2. The van der Waals surface area contributed by atoms with Crippen molar-refractivity contribution >= 4 is 33.1 Å². The van der Waals surface area contributed by atoms with Crippen molar-refractivity contribution in [3.05, 3.63) is 59.1 Å². The molecule has 0 aliphatic heterocycles. The van der Waals surface area contributed by atoms with Gasteiger partial charge >= 0.3 is 6.18 Å². The van der Waals surface area contributed by atoms with Crippen LogP contribution in [0.2, 0.25) is 0 Å². The molecule has 0 aliphatic carbocycles. The van der Waals surface area contributed by atoms with Crippen LogP contribution >= 0.6 is 11.3 Å². The number of anilines is 1. The lowest BCUT2D eigenvalue weighted by Gasteiger charge is -2.08. The first-order valence-corrected chi connectivity index (χ1v) is 8.05. The standard InChI is InChI=1S/C17H13F3N2OS/c18-17(19,20)11-5-7-12(8-6-11)21-15(23)9-10-16-22-13-3-1-2-4-14(13)24-16/h1-8H,9-10H2,(H,21,23). The number of thiazole rings is 1. The van der Waals surface area contributed by atoms with E-state index in [4.69, 9.17) is 0 Å². The lowest BCUT2D eigenvalue weighted by Crippen LogP contribution is -2.12. The van der Waals surface area contributed by atoms with E-state index in [9.17, 15) is 18.0 Å². The number of hydrogen-bond donors (Lipinski definition) is 1. The van der Waals surface area contributed by atoms with Crippen molar-refractivity contribution in [2.75, 3.05) is 5.32 Å². The Morgan fingerprint density at radius 3 is 2.46 bits per heavy atom. The smallest absolute Gasteiger partial charge is 0.326 e. The van der Waals surface area contributed by atoms with Crippen molar-refractivity contribution in [3.63, 3.8) is 0 Å².